The molecule has 1 aliphatic heterocycles. The fourth-order valence-corrected chi connectivity index (χ4v) is 3.30. The highest BCUT2D eigenvalue weighted by atomic mass is 16.1. The number of primary amides is 1. The molecule has 5 nitrogen and oxygen atoms in total. The van der Waals surface area contributed by atoms with E-state index < -0.39 is 0 Å². The summed E-state index contributed by atoms with van der Waals surface area (Å²) in [7, 11) is 0. The molecule has 0 saturated carbocycles. The van der Waals surface area contributed by atoms with E-state index in [2.05, 4.69) is 15.6 Å². The first-order chi connectivity index (χ1) is 10.2. The van der Waals surface area contributed by atoms with Gasteiger partial charge in [-0.2, -0.15) is 0 Å². The van der Waals surface area contributed by atoms with Gasteiger partial charge in [-0.05, 0) is 69.2 Å². The molecule has 2 heterocycles. The second-order valence-corrected chi connectivity index (χ2v) is 6.15. The predicted molar refractivity (Wildman–Crippen MR) is 83.5 cm³/mol. The lowest BCUT2D eigenvalue weighted by Gasteiger charge is -2.24. The second-order valence-electron chi connectivity index (χ2n) is 6.15. The van der Waals surface area contributed by atoms with Crippen LogP contribution in [0.25, 0.3) is 0 Å². The Morgan fingerprint density at radius 2 is 2.24 bits per heavy atom. The minimum atomic E-state index is -0.389. The van der Waals surface area contributed by atoms with E-state index in [4.69, 9.17) is 5.73 Å². The van der Waals surface area contributed by atoms with Crippen molar-refractivity contribution in [2.75, 3.05) is 25.0 Å². The molecule has 0 aromatic carbocycles. The van der Waals surface area contributed by atoms with Gasteiger partial charge in [-0.1, -0.05) is 0 Å². The lowest BCUT2D eigenvalue weighted by molar-refractivity contribution is 0.100. The summed E-state index contributed by atoms with van der Waals surface area (Å²) in [4.78, 5) is 16.4. The molecule has 4 N–H and O–H groups in total. The van der Waals surface area contributed by atoms with E-state index in [-0.39, 0.29) is 5.91 Å². The Bertz CT molecular complexity index is 523. The van der Waals surface area contributed by atoms with Gasteiger partial charge in [-0.25, -0.2) is 4.98 Å². The van der Waals surface area contributed by atoms with Crippen LogP contribution in [0.4, 0.5) is 5.82 Å². The molecule has 114 valence electrons. The summed E-state index contributed by atoms with van der Waals surface area (Å²) in [6, 6.07) is 1.95. The van der Waals surface area contributed by atoms with Crippen molar-refractivity contribution in [1.29, 1.82) is 0 Å². The normalized spacial score (nSPS) is 21.6. The van der Waals surface area contributed by atoms with Gasteiger partial charge in [0.25, 0.3) is 5.91 Å². The van der Waals surface area contributed by atoms with E-state index in [0.717, 1.165) is 38.2 Å². The van der Waals surface area contributed by atoms with Crippen molar-refractivity contribution in [2.45, 2.75) is 38.5 Å². The Morgan fingerprint density at radius 1 is 1.38 bits per heavy atom. The number of nitrogens with one attached hydrogen (secondary N) is 2. The molecule has 1 saturated heterocycles. The molecule has 1 aromatic rings. The first kappa shape index (κ1) is 14.3. The summed E-state index contributed by atoms with van der Waals surface area (Å²) in [6.45, 7) is 2.99. The third-order valence-electron chi connectivity index (χ3n) is 4.52. The molecule has 5 heteroatoms. The van der Waals surface area contributed by atoms with Crippen LogP contribution in [0.2, 0.25) is 0 Å². The number of nitrogens with two attached hydrogens (primary N) is 1. The summed E-state index contributed by atoms with van der Waals surface area (Å²) in [6.07, 6.45) is 6.81. The second kappa shape index (κ2) is 6.43. The van der Waals surface area contributed by atoms with Crippen LogP contribution in [0.15, 0.2) is 6.07 Å². The number of rotatable bonds is 4. The monoisotopic (exact) mass is 288 g/mol. The molecular weight excluding hydrogens is 264 g/mol. The number of piperidine rings is 1. The van der Waals surface area contributed by atoms with Crippen LogP contribution in [0.5, 0.6) is 0 Å². The third-order valence-corrected chi connectivity index (χ3v) is 4.52. The molecule has 1 amide bonds. The maximum atomic E-state index is 11.7. The average molecular weight is 288 g/mol. The molecule has 1 atom stereocenters. The molecule has 1 fully saturated rings. The van der Waals surface area contributed by atoms with Crippen LogP contribution in [0, 0.1) is 5.92 Å². The molecule has 0 radical (unpaired) electrons. The Kier molecular flexibility index (Phi) is 4.39. The number of carbonyl (C=O) groups excluding carboxylic acids is 1. The highest BCUT2D eigenvalue weighted by molar-refractivity contribution is 5.97. The van der Waals surface area contributed by atoms with Crippen LogP contribution < -0.4 is 16.4 Å². The molecule has 2 aliphatic rings. The van der Waals surface area contributed by atoms with Gasteiger partial charge in [0.1, 0.15) is 5.82 Å². The lowest BCUT2D eigenvalue weighted by atomic mass is 9.94. The van der Waals surface area contributed by atoms with Gasteiger partial charge in [0.2, 0.25) is 0 Å². The van der Waals surface area contributed by atoms with Crippen molar-refractivity contribution < 1.29 is 4.79 Å². The topological polar surface area (TPSA) is 80.0 Å². The van der Waals surface area contributed by atoms with Crippen molar-refractivity contribution in [3.63, 3.8) is 0 Å². The Morgan fingerprint density at radius 3 is 3.00 bits per heavy atom. The van der Waals surface area contributed by atoms with E-state index >= 15 is 0 Å². The maximum absolute atomic E-state index is 11.7. The first-order valence-electron chi connectivity index (χ1n) is 8.01. The summed E-state index contributed by atoms with van der Waals surface area (Å²) in [5, 5.41) is 6.77. The minimum absolute atomic E-state index is 0.389. The number of hydrogen-bond donors (Lipinski definition) is 3. The lowest BCUT2D eigenvalue weighted by Crippen LogP contribution is -2.34. The van der Waals surface area contributed by atoms with Crippen molar-refractivity contribution in [2.24, 2.45) is 11.7 Å². The molecule has 0 bridgehead atoms. The van der Waals surface area contributed by atoms with Crippen LogP contribution >= 0.6 is 0 Å². The highest BCUT2D eigenvalue weighted by Gasteiger charge is 2.19. The number of fused-ring (bicyclic) bond motifs is 1. The number of aryl methyl sites for hydroxylation is 2. The number of anilines is 1. The molecule has 1 aliphatic carbocycles. The fourth-order valence-electron chi connectivity index (χ4n) is 3.30. The van der Waals surface area contributed by atoms with Crippen molar-refractivity contribution in [3.8, 4) is 0 Å². The van der Waals surface area contributed by atoms with Crippen LogP contribution in [-0.4, -0.2) is 30.5 Å². The largest absolute Gasteiger partial charge is 0.369 e. The molecule has 0 spiro atoms. The van der Waals surface area contributed by atoms with Crippen molar-refractivity contribution in [1.82, 2.24) is 10.3 Å². The number of amides is 1. The molecule has 1 aromatic heterocycles. The summed E-state index contributed by atoms with van der Waals surface area (Å²) < 4.78 is 0. The van der Waals surface area contributed by atoms with Crippen LogP contribution in [0.1, 0.15) is 47.3 Å². The van der Waals surface area contributed by atoms with Gasteiger partial charge in [-0.3, -0.25) is 4.79 Å². The van der Waals surface area contributed by atoms with Gasteiger partial charge in [0, 0.05) is 12.2 Å². The number of pyridine rings is 1. The van der Waals surface area contributed by atoms with Gasteiger partial charge in [-0.15, -0.1) is 0 Å². The van der Waals surface area contributed by atoms with Crippen LogP contribution in [-0.2, 0) is 12.8 Å². The van der Waals surface area contributed by atoms with Gasteiger partial charge < -0.3 is 16.4 Å². The predicted octanol–water partition coefficient (Wildman–Crippen LogP) is 1.47. The zero-order chi connectivity index (χ0) is 14.7. The Hall–Kier alpha value is -1.62. The molecule has 21 heavy (non-hydrogen) atoms. The number of carbonyl (C=O) groups is 1. The highest BCUT2D eigenvalue weighted by Crippen LogP contribution is 2.25. The van der Waals surface area contributed by atoms with E-state index in [9.17, 15) is 4.79 Å². The molecule has 3 rings (SSSR count). The van der Waals surface area contributed by atoms with E-state index in [1.807, 2.05) is 6.07 Å². The summed E-state index contributed by atoms with van der Waals surface area (Å²) in [5.41, 5.74) is 8.40. The van der Waals surface area contributed by atoms with Crippen molar-refractivity contribution in [3.05, 3.63) is 22.9 Å². The quantitative estimate of drug-likeness (QED) is 0.784. The number of aromatic nitrogens is 1. The van der Waals surface area contributed by atoms with E-state index in [1.54, 1.807) is 0 Å². The summed E-state index contributed by atoms with van der Waals surface area (Å²) >= 11 is 0. The van der Waals surface area contributed by atoms with Gasteiger partial charge >= 0.3 is 0 Å². The van der Waals surface area contributed by atoms with Gasteiger partial charge in [0.15, 0.2) is 0 Å². The minimum Gasteiger partial charge on any atom is -0.369 e. The van der Waals surface area contributed by atoms with Crippen molar-refractivity contribution >= 4 is 11.7 Å². The average Bonchev–Trinajstić information content (AvgIpc) is 2.53. The smallest absolute Gasteiger partial charge is 0.252 e. The fraction of sp³-hybridized carbons (Fsp3) is 0.625. The van der Waals surface area contributed by atoms with Crippen LogP contribution in [0.3, 0.4) is 0 Å². The van der Waals surface area contributed by atoms with E-state index in [0.29, 0.717) is 17.3 Å². The SMILES string of the molecule is NC(=O)c1cc2c(nc1NCC1CCCNC1)CCCC2. The zero-order valence-corrected chi connectivity index (χ0v) is 12.5. The Balaban J connectivity index is 1.77. The zero-order valence-electron chi connectivity index (χ0n) is 12.5. The van der Waals surface area contributed by atoms with Gasteiger partial charge in [0.05, 0.1) is 5.56 Å². The molecule has 1 unspecified atom stereocenters. The number of nitrogens with zero attached hydrogens (tertiary/aromatic N) is 1. The molecular formula is C16H24N4O. The van der Waals surface area contributed by atoms with E-state index in [1.165, 1.54) is 31.2 Å². The number of hydrogen-bond acceptors (Lipinski definition) is 4. The standard InChI is InChI=1S/C16H24N4O/c17-15(21)13-8-12-5-1-2-6-14(12)20-16(13)19-10-11-4-3-7-18-9-11/h8,11,18H,1-7,9-10H2,(H2,17,21)(H,19,20). The summed E-state index contributed by atoms with van der Waals surface area (Å²) in [5.74, 6) is 0.881. The third kappa shape index (κ3) is 3.35. The maximum Gasteiger partial charge on any atom is 0.252 e. The Labute approximate surface area is 125 Å². The first-order valence-corrected chi connectivity index (χ1v) is 8.01.